The third-order valence-corrected chi connectivity index (χ3v) is 6.74. The molecule has 0 atom stereocenters. The Bertz CT molecular complexity index is 1530. The standard InChI is InChI=1S/C28H21N3O4S/c1-18-15-23(24(31(33)34)16-19(18)2)25-14-13-22(35-25)17-26-27(32)30(21-11-7-4-8-12-21)28(36-26)29-20-9-5-3-6-10-20/h3-17H,1-2H3/b26-17-,29-28?. The Hall–Kier alpha value is -4.43. The van der Waals surface area contributed by atoms with Gasteiger partial charge in [-0.25, -0.2) is 4.99 Å². The molecule has 1 saturated heterocycles. The van der Waals surface area contributed by atoms with Crippen LogP contribution in [0, 0.1) is 24.0 Å². The summed E-state index contributed by atoms with van der Waals surface area (Å²) >= 11 is 1.25. The van der Waals surface area contributed by atoms with Crippen molar-refractivity contribution in [2.24, 2.45) is 4.99 Å². The van der Waals surface area contributed by atoms with Gasteiger partial charge in [-0.2, -0.15) is 0 Å². The summed E-state index contributed by atoms with van der Waals surface area (Å²) in [6.07, 6.45) is 1.65. The molecular formula is C28H21N3O4S. The quantitative estimate of drug-likeness (QED) is 0.165. The zero-order chi connectivity index (χ0) is 25.2. The van der Waals surface area contributed by atoms with E-state index in [-0.39, 0.29) is 11.6 Å². The highest BCUT2D eigenvalue weighted by Crippen LogP contribution is 2.39. The molecule has 1 amide bonds. The van der Waals surface area contributed by atoms with E-state index in [0.29, 0.717) is 32.8 Å². The van der Waals surface area contributed by atoms with Crippen molar-refractivity contribution in [2.75, 3.05) is 4.90 Å². The van der Waals surface area contributed by atoms with Crippen molar-refractivity contribution >= 4 is 46.0 Å². The van der Waals surface area contributed by atoms with Crippen molar-refractivity contribution in [3.63, 3.8) is 0 Å². The number of anilines is 1. The van der Waals surface area contributed by atoms with Gasteiger partial charge < -0.3 is 4.42 Å². The molecule has 3 aromatic carbocycles. The number of carbonyl (C=O) groups excluding carboxylic acids is 1. The maximum absolute atomic E-state index is 13.4. The fourth-order valence-corrected chi connectivity index (χ4v) is 4.80. The van der Waals surface area contributed by atoms with Gasteiger partial charge in [-0.3, -0.25) is 19.8 Å². The minimum atomic E-state index is -0.414. The highest BCUT2D eigenvalue weighted by Gasteiger charge is 2.35. The van der Waals surface area contributed by atoms with Gasteiger partial charge in [0.1, 0.15) is 11.5 Å². The monoisotopic (exact) mass is 495 g/mol. The predicted molar refractivity (Wildman–Crippen MR) is 143 cm³/mol. The largest absolute Gasteiger partial charge is 0.456 e. The zero-order valence-corrected chi connectivity index (χ0v) is 20.4. The Morgan fingerprint density at radius 2 is 1.61 bits per heavy atom. The number of hydrogen-bond donors (Lipinski definition) is 0. The smallest absolute Gasteiger partial charge is 0.280 e. The van der Waals surface area contributed by atoms with E-state index in [1.807, 2.05) is 74.5 Å². The van der Waals surface area contributed by atoms with Crippen LogP contribution in [-0.2, 0) is 4.79 Å². The number of rotatable bonds is 5. The lowest BCUT2D eigenvalue weighted by molar-refractivity contribution is -0.384. The van der Waals surface area contributed by atoms with Gasteiger partial charge in [0.2, 0.25) is 0 Å². The Labute approximate surface area is 211 Å². The summed E-state index contributed by atoms with van der Waals surface area (Å²) in [6.45, 7) is 3.73. The van der Waals surface area contributed by atoms with E-state index >= 15 is 0 Å². The summed E-state index contributed by atoms with van der Waals surface area (Å²) in [4.78, 5) is 31.4. The number of nitrogens with zero attached hydrogens (tertiary/aromatic N) is 3. The number of hydrogen-bond acceptors (Lipinski definition) is 6. The lowest BCUT2D eigenvalue weighted by atomic mass is 10.0. The molecule has 0 radical (unpaired) electrons. The van der Waals surface area contributed by atoms with Gasteiger partial charge in [-0.05, 0) is 79.2 Å². The average Bonchev–Trinajstić information content (AvgIpc) is 3.46. The first-order valence-corrected chi connectivity index (χ1v) is 12.0. The van der Waals surface area contributed by atoms with Crippen LogP contribution in [0.1, 0.15) is 16.9 Å². The zero-order valence-electron chi connectivity index (χ0n) is 19.5. The van der Waals surface area contributed by atoms with Crippen molar-refractivity contribution < 1.29 is 14.1 Å². The molecule has 0 N–H and O–H groups in total. The Kier molecular flexibility index (Phi) is 6.26. The molecule has 5 rings (SSSR count). The van der Waals surface area contributed by atoms with Crippen LogP contribution in [0.15, 0.2) is 99.2 Å². The van der Waals surface area contributed by atoms with Crippen molar-refractivity contribution in [1.82, 2.24) is 0 Å². The predicted octanol–water partition coefficient (Wildman–Crippen LogP) is 7.28. The number of nitro benzene ring substituents is 1. The Morgan fingerprint density at radius 3 is 2.31 bits per heavy atom. The number of para-hydroxylation sites is 2. The van der Waals surface area contributed by atoms with Crippen molar-refractivity contribution in [3.8, 4) is 11.3 Å². The Morgan fingerprint density at radius 1 is 0.944 bits per heavy atom. The van der Waals surface area contributed by atoms with Gasteiger partial charge in [0, 0.05) is 12.1 Å². The summed E-state index contributed by atoms with van der Waals surface area (Å²) in [5.74, 6) is 0.559. The van der Waals surface area contributed by atoms with E-state index in [1.165, 1.54) is 11.8 Å². The number of thioether (sulfide) groups is 1. The normalized spacial score (nSPS) is 15.7. The summed E-state index contributed by atoms with van der Waals surface area (Å²) in [5, 5.41) is 12.2. The van der Waals surface area contributed by atoms with Crippen LogP contribution in [0.5, 0.6) is 0 Å². The molecule has 2 heterocycles. The van der Waals surface area contributed by atoms with Crippen molar-refractivity contribution in [2.45, 2.75) is 13.8 Å². The molecule has 1 fully saturated rings. The Balaban J connectivity index is 1.53. The number of amides is 1. The molecule has 36 heavy (non-hydrogen) atoms. The molecular weight excluding hydrogens is 474 g/mol. The van der Waals surface area contributed by atoms with Crippen molar-refractivity contribution in [3.05, 3.63) is 117 Å². The topological polar surface area (TPSA) is 89.0 Å². The fraction of sp³-hybridized carbons (Fsp3) is 0.0714. The van der Waals surface area contributed by atoms with Gasteiger partial charge in [0.25, 0.3) is 11.6 Å². The second-order valence-electron chi connectivity index (χ2n) is 8.23. The van der Waals surface area contributed by atoms with Gasteiger partial charge in [-0.1, -0.05) is 36.4 Å². The molecule has 1 aliphatic rings. The van der Waals surface area contributed by atoms with Gasteiger partial charge in [-0.15, -0.1) is 0 Å². The lowest BCUT2D eigenvalue weighted by Gasteiger charge is -2.15. The highest BCUT2D eigenvalue weighted by atomic mass is 32.2. The number of amidine groups is 1. The number of carbonyl (C=O) groups is 1. The lowest BCUT2D eigenvalue weighted by Crippen LogP contribution is -2.28. The molecule has 8 heteroatoms. The van der Waals surface area contributed by atoms with Gasteiger partial charge >= 0.3 is 0 Å². The van der Waals surface area contributed by atoms with E-state index in [2.05, 4.69) is 0 Å². The number of nitro groups is 1. The molecule has 0 spiro atoms. The second-order valence-corrected chi connectivity index (χ2v) is 9.24. The van der Waals surface area contributed by atoms with Crippen LogP contribution in [0.3, 0.4) is 0 Å². The van der Waals surface area contributed by atoms with E-state index in [9.17, 15) is 14.9 Å². The molecule has 0 saturated carbocycles. The van der Waals surface area contributed by atoms with Crippen LogP contribution >= 0.6 is 11.8 Å². The summed E-state index contributed by atoms with van der Waals surface area (Å²) < 4.78 is 5.96. The number of benzene rings is 3. The third-order valence-electron chi connectivity index (χ3n) is 5.78. The fourth-order valence-electron chi connectivity index (χ4n) is 3.82. The number of furan rings is 1. The van der Waals surface area contributed by atoms with E-state index in [1.54, 1.807) is 35.2 Å². The minimum absolute atomic E-state index is 0.0227. The van der Waals surface area contributed by atoms with Crippen LogP contribution in [0.2, 0.25) is 0 Å². The van der Waals surface area contributed by atoms with Crippen LogP contribution in [0.25, 0.3) is 17.4 Å². The molecule has 0 aliphatic carbocycles. The molecule has 7 nitrogen and oxygen atoms in total. The van der Waals surface area contributed by atoms with Crippen molar-refractivity contribution in [1.29, 1.82) is 0 Å². The third kappa shape index (κ3) is 4.58. The summed E-state index contributed by atoms with van der Waals surface area (Å²) in [5.41, 5.74) is 3.57. The van der Waals surface area contributed by atoms with Crippen LogP contribution in [-0.4, -0.2) is 16.0 Å². The number of aliphatic imine (C=N–C) groups is 1. The van der Waals surface area contributed by atoms with Crippen LogP contribution in [0.4, 0.5) is 17.1 Å². The molecule has 4 aromatic rings. The molecule has 0 bridgehead atoms. The first kappa shape index (κ1) is 23.3. The van der Waals surface area contributed by atoms with E-state index in [0.717, 1.165) is 16.8 Å². The molecule has 1 aliphatic heterocycles. The van der Waals surface area contributed by atoms with Gasteiger partial charge in [0.05, 0.1) is 26.8 Å². The highest BCUT2D eigenvalue weighted by molar-refractivity contribution is 8.19. The molecule has 1 aromatic heterocycles. The van der Waals surface area contributed by atoms with Gasteiger partial charge in [0.15, 0.2) is 5.17 Å². The first-order chi connectivity index (χ1) is 17.4. The molecule has 178 valence electrons. The van der Waals surface area contributed by atoms with E-state index < -0.39 is 4.92 Å². The summed E-state index contributed by atoms with van der Waals surface area (Å²) in [7, 11) is 0. The SMILES string of the molecule is Cc1cc(-c2ccc(/C=C3\SC(=Nc4ccccc4)N(c4ccccc4)C3=O)o2)c([N+](=O)[O-])cc1C. The first-order valence-electron chi connectivity index (χ1n) is 11.2. The van der Waals surface area contributed by atoms with E-state index in [4.69, 9.17) is 9.41 Å². The number of aryl methyl sites for hydroxylation is 2. The maximum atomic E-state index is 13.4. The van der Waals surface area contributed by atoms with Crippen LogP contribution < -0.4 is 4.90 Å². The average molecular weight is 496 g/mol. The second kappa shape index (κ2) is 9.67. The minimum Gasteiger partial charge on any atom is -0.456 e. The summed E-state index contributed by atoms with van der Waals surface area (Å²) in [6, 6.07) is 25.4. The maximum Gasteiger partial charge on any atom is 0.280 e. The molecule has 0 unspecified atom stereocenters.